The molecule has 0 radical (unpaired) electrons. The molecule has 2 unspecified atom stereocenters. The van der Waals surface area contributed by atoms with Gasteiger partial charge in [0.2, 0.25) is 0 Å². The Kier molecular flexibility index (Phi) is 1.88. The summed E-state index contributed by atoms with van der Waals surface area (Å²) in [6, 6.07) is 5.45. The van der Waals surface area contributed by atoms with Crippen molar-refractivity contribution >= 4 is 0 Å². The minimum atomic E-state index is -0.537. The van der Waals surface area contributed by atoms with Gasteiger partial charge in [0.05, 0.1) is 7.11 Å². The van der Waals surface area contributed by atoms with Gasteiger partial charge in [0.25, 0.3) is 0 Å². The van der Waals surface area contributed by atoms with E-state index in [0.29, 0.717) is 0 Å². The Bertz CT molecular complexity index is 322. The zero-order chi connectivity index (χ0) is 9.42. The van der Waals surface area contributed by atoms with Gasteiger partial charge in [-0.2, -0.15) is 0 Å². The maximum atomic E-state index is 9.69. The fraction of sp³-hybridized carbons (Fsp3) is 0.400. The third-order valence-electron chi connectivity index (χ3n) is 2.29. The van der Waals surface area contributed by atoms with Gasteiger partial charge < -0.3 is 14.6 Å². The van der Waals surface area contributed by atoms with Crippen LogP contribution >= 0.6 is 0 Å². The van der Waals surface area contributed by atoms with Gasteiger partial charge in [-0.3, -0.25) is 0 Å². The molecule has 0 fully saturated rings. The van der Waals surface area contributed by atoms with E-state index >= 15 is 0 Å². The average Bonchev–Trinajstić information content (AvgIpc) is 2.43. The van der Waals surface area contributed by atoms with Crippen LogP contribution in [0.15, 0.2) is 18.2 Å². The molecule has 1 aromatic rings. The fourth-order valence-electron chi connectivity index (χ4n) is 1.51. The van der Waals surface area contributed by atoms with E-state index < -0.39 is 6.10 Å². The van der Waals surface area contributed by atoms with Crippen LogP contribution in [-0.2, 0) is 0 Å². The number of ether oxygens (including phenoxy) is 2. The molecular weight excluding hydrogens is 168 g/mol. The van der Waals surface area contributed by atoms with Crippen LogP contribution in [0.4, 0.5) is 0 Å². The number of rotatable bonds is 1. The van der Waals surface area contributed by atoms with Crippen molar-refractivity contribution in [1.82, 2.24) is 0 Å². The summed E-state index contributed by atoms with van der Waals surface area (Å²) in [5.74, 6) is 1.50. The van der Waals surface area contributed by atoms with Gasteiger partial charge in [0.1, 0.15) is 23.7 Å². The Morgan fingerprint density at radius 1 is 1.46 bits per heavy atom. The quantitative estimate of drug-likeness (QED) is 0.712. The Labute approximate surface area is 76.9 Å². The molecule has 13 heavy (non-hydrogen) atoms. The zero-order valence-corrected chi connectivity index (χ0v) is 7.65. The van der Waals surface area contributed by atoms with E-state index in [0.717, 1.165) is 17.1 Å². The molecule has 0 aromatic heterocycles. The second-order valence-corrected chi connectivity index (χ2v) is 3.17. The standard InChI is InChI=1S/C10H12O3/c1-6-10(11)8-5-7(12-2)3-4-9(8)13-6/h3-6,10-11H,1-2H3. The van der Waals surface area contributed by atoms with Gasteiger partial charge in [0.15, 0.2) is 0 Å². The van der Waals surface area contributed by atoms with Gasteiger partial charge in [0, 0.05) is 5.56 Å². The number of fused-ring (bicyclic) bond motifs is 1. The van der Waals surface area contributed by atoms with Crippen molar-refractivity contribution in [3.8, 4) is 11.5 Å². The average molecular weight is 180 g/mol. The molecule has 1 aliphatic heterocycles. The number of aliphatic hydroxyl groups is 1. The first-order valence-electron chi connectivity index (χ1n) is 4.25. The fourth-order valence-corrected chi connectivity index (χ4v) is 1.51. The minimum absolute atomic E-state index is 0.165. The van der Waals surface area contributed by atoms with Crippen LogP contribution in [0.2, 0.25) is 0 Å². The van der Waals surface area contributed by atoms with Crippen LogP contribution in [0.25, 0.3) is 0 Å². The van der Waals surface area contributed by atoms with Gasteiger partial charge in [-0.1, -0.05) is 0 Å². The molecule has 1 N–H and O–H groups in total. The predicted molar refractivity (Wildman–Crippen MR) is 48.0 cm³/mol. The number of methoxy groups -OCH3 is 1. The third-order valence-corrected chi connectivity index (χ3v) is 2.29. The number of benzene rings is 1. The zero-order valence-electron chi connectivity index (χ0n) is 7.65. The second-order valence-electron chi connectivity index (χ2n) is 3.17. The number of hydrogen-bond donors (Lipinski definition) is 1. The maximum absolute atomic E-state index is 9.69. The molecule has 70 valence electrons. The number of aliphatic hydroxyl groups excluding tert-OH is 1. The van der Waals surface area contributed by atoms with Gasteiger partial charge in [-0.15, -0.1) is 0 Å². The lowest BCUT2D eigenvalue weighted by Gasteiger charge is -2.06. The molecule has 0 saturated carbocycles. The highest BCUT2D eigenvalue weighted by atomic mass is 16.5. The molecule has 3 heteroatoms. The Morgan fingerprint density at radius 3 is 2.92 bits per heavy atom. The highest BCUT2D eigenvalue weighted by molar-refractivity contribution is 5.44. The summed E-state index contributed by atoms with van der Waals surface area (Å²) in [5, 5.41) is 9.69. The topological polar surface area (TPSA) is 38.7 Å². The smallest absolute Gasteiger partial charge is 0.126 e. The van der Waals surface area contributed by atoms with Crippen molar-refractivity contribution in [3.05, 3.63) is 23.8 Å². The van der Waals surface area contributed by atoms with Gasteiger partial charge >= 0.3 is 0 Å². The van der Waals surface area contributed by atoms with Crippen molar-refractivity contribution in [3.63, 3.8) is 0 Å². The lowest BCUT2D eigenvalue weighted by molar-refractivity contribution is 0.0795. The van der Waals surface area contributed by atoms with E-state index in [2.05, 4.69) is 0 Å². The molecule has 3 nitrogen and oxygen atoms in total. The molecule has 1 aliphatic rings. The molecule has 0 amide bonds. The van der Waals surface area contributed by atoms with Crippen LogP contribution in [0, 0.1) is 0 Å². The van der Waals surface area contributed by atoms with Crippen molar-refractivity contribution in [2.24, 2.45) is 0 Å². The minimum Gasteiger partial charge on any atom is -0.497 e. The third kappa shape index (κ3) is 1.25. The van der Waals surface area contributed by atoms with Crippen LogP contribution in [-0.4, -0.2) is 18.3 Å². The van der Waals surface area contributed by atoms with Crippen molar-refractivity contribution in [2.75, 3.05) is 7.11 Å². The van der Waals surface area contributed by atoms with Crippen molar-refractivity contribution in [1.29, 1.82) is 0 Å². The van der Waals surface area contributed by atoms with E-state index in [9.17, 15) is 5.11 Å². The molecule has 1 heterocycles. The lowest BCUT2D eigenvalue weighted by Crippen LogP contribution is -2.12. The summed E-state index contributed by atoms with van der Waals surface area (Å²) in [6.45, 7) is 1.84. The molecule has 1 aromatic carbocycles. The number of hydrogen-bond acceptors (Lipinski definition) is 3. The SMILES string of the molecule is COc1ccc2c(c1)C(O)C(C)O2. The monoisotopic (exact) mass is 180 g/mol. The van der Waals surface area contributed by atoms with Crippen LogP contribution in [0.1, 0.15) is 18.6 Å². The maximum Gasteiger partial charge on any atom is 0.126 e. The lowest BCUT2D eigenvalue weighted by atomic mass is 10.1. The molecular formula is C10H12O3. The summed E-state index contributed by atoms with van der Waals surface area (Å²) < 4.78 is 10.5. The summed E-state index contributed by atoms with van der Waals surface area (Å²) in [7, 11) is 1.60. The highest BCUT2D eigenvalue weighted by Crippen LogP contribution is 2.38. The Hall–Kier alpha value is -1.22. The van der Waals surface area contributed by atoms with Crippen molar-refractivity contribution in [2.45, 2.75) is 19.1 Å². The van der Waals surface area contributed by atoms with E-state index in [4.69, 9.17) is 9.47 Å². The summed E-state index contributed by atoms with van der Waals surface area (Å²) in [4.78, 5) is 0. The van der Waals surface area contributed by atoms with Crippen molar-refractivity contribution < 1.29 is 14.6 Å². The second kappa shape index (κ2) is 2.92. The van der Waals surface area contributed by atoms with Crippen LogP contribution in [0.5, 0.6) is 11.5 Å². The van der Waals surface area contributed by atoms with Crippen LogP contribution < -0.4 is 9.47 Å². The van der Waals surface area contributed by atoms with Crippen LogP contribution in [0.3, 0.4) is 0 Å². The summed E-state index contributed by atoms with van der Waals surface area (Å²) in [6.07, 6.45) is -0.702. The molecule has 0 saturated heterocycles. The predicted octanol–water partition coefficient (Wildman–Crippen LogP) is 1.51. The van der Waals surface area contributed by atoms with Gasteiger partial charge in [-0.25, -0.2) is 0 Å². The first-order chi connectivity index (χ1) is 6.22. The van der Waals surface area contributed by atoms with E-state index in [1.807, 2.05) is 25.1 Å². The molecule has 2 atom stereocenters. The normalized spacial score (nSPS) is 25.2. The molecule has 0 aliphatic carbocycles. The molecule has 0 spiro atoms. The Morgan fingerprint density at radius 2 is 2.23 bits per heavy atom. The van der Waals surface area contributed by atoms with Gasteiger partial charge in [-0.05, 0) is 25.1 Å². The molecule has 0 bridgehead atoms. The summed E-state index contributed by atoms with van der Waals surface area (Å²) >= 11 is 0. The van der Waals surface area contributed by atoms with E-state index in [-0.39, 0.29) is 6.10 Å². The first-order valence-corrected chi connectivity index (χ1v) is 4.25. The first kappa shape index (κ1) is 8.38. The highest BCUT2D eigenvalue weighted by Gasteiger charge is 2.29. The van der Waals surface area contributed by atoms with E-state index in [1.165, 1.54) is 0 Å². The largest absolute Gasteiger partial charge is 0.497 e. The molecule has 2 rings (SSSR count). The Balaban J connectivity index is 2.42. The summed E-state index contributed by atoms with van der Waals surface area (Å²) in [5.41, 5.74) is 0.812. The van der Waals surface area contributed by atoms with E-state index in [1.54, 1.807) is 7.11 Å².